The maximum absolute atomic E-state index is 12.5. The molecule has 8 heteroatoms. The molecule has 7 nitrogen and oxygen atoms in total. The summed E-state index contributed by atoms with van der Waals surface area (Å²) in [5, 5.41) is 7.97. The van der Waals surface area contributed by atoms with Gasteiger partial charge >= 0.3 is 0 Å². The van der Waals surface area contributed by atoms with Crippen LogP contribution in [0.25, 0.3) is 11.0 Å². The van der Waals surface area contributed by atoms with Crippen LogP contribution in [0, 0.1) is 0 Å². The minimum absolute atomic E-state index is 0.0697. The number of nitrogens with zero attached hydrogens (tertiary/aromatic N) is 2. The van der Waals surface area contributed by atoms with Gasteiger partial charge in [0, 0.05) is 12.1 Å². The van der Waals surface area contributed by atoms with Gasteiger partial charge in [-0.3, -0.25) is 4.79 Å². The topological polar surface area (TPSA) is 115 Å². The van der Waals surface area contributed by atoms with Crippen LogP contribution in [0.3, 0.4) is 0 Å². The first-order valence-corrected chi connectivity index (χ1v) is 11.1. The van der Waals surface area contributed by atoms with Gasteiger partial charge in [-0.1, -0.05) is 26.0 Å². The average molecular weight is 413 g/mol. The second-order valence-corrected chi connectivity index (χ2v) is 8.28. The molecule has 0 bridgehead atoms. The summed E-state index contributed by atoms with van der Waals surface area (Å²) in [5.74, 6) is -0.188. The predicted molar refractivity (Wildman–Crippen MR) is 112 cm³/mol. The van der Waals surface area contributed by atoms with Crippen molar-refractivity contribution in [3.8, 4) is 0 Å². The Labute approximate surface area is 170 Å². The highest BCUT2D eigenvalue weighted by molar-refractivity contribution is 7.89. The molecule has 29 heavy (non-hydrogen) atoms. The van der Waals surface area contributed by atoms with Crippen molar-refractivity contribution in [3.63, 3.8) is 0 Å². The number of sulfonamides is 1. The van der Waals surface area contributed by atoms with E-state index in [1.807, 2.05) is 13.0 Å². The third-order valence-corrected chi connectivity index (χ3v) is 5.63. The van der Waals surface area contributed by atoms with Gasteiger partial charge in [-0.25, -0.2) is 23.5 Å². The summed E-state index contributed by atoms with van der Waals surface area (Å²) in [4.78, 5) is 21.9. The lowest BCUT2D eigenvalue weighted by Gasteiger charge is -2.09. The van der Waals surface area contributed by atoms with Gasteiger partial charge in [-0.2, -0.15) is 0 Å². The van der Waals surface area contributed by atoms with E-state index in [4.69, 9.17) is 5.14 Å². The highest BCUT2D eigenvalue weighted by Gasteiger charge is 2.11. The lowest BCUT2D eigenvalue weighted by molar-refractivity contribution is 0.0954. The summed E-state index contributed by atoms with van der Waals surface area (Å²) in [5.41, 5.74) is 4.88. The Hall–Kier alpha value is -2.84. The second-order valence-electron chi connectivity index (χ2n) is 6.72. The molecule has 3 rings (SSSR count). The Morgan fingerprint density at radius 3 is 2.17 bits per heavy atom. The molecule has 3 aromatic rings. The molecule has 1 heterocycles. The number of primary sulfonamides is 1. The molecule has 152 valence electrons. The van der Waals surface area contributed by atoms with Crippen molar-refractivity contribution in [1.82, 2.24) is 15.3 Å². The lowest BCUT2D eigenvalue weighted by Crippen LogP contribution is -2.25. The van der Waals surface area contributed by atoms with E-state index >= 15 is 0 Å². The highest BCUT2D eigenvalue weighted by atomic mass is 32.2. The molecule has 1 amide bonds. The molecule has 0 aliphatic carbocycles. The molecule has 0 saturated carbocycles. The van der Waals surface area contributed by atoms with Crippen LogP contribution in [0.5, 0.6) is 0 Å². The number of carbonyl (C=O) groups excluding carboxylic acids is 1. The zero-order chi connectivity index (χ0) is 21.0. The molecule has 3 N–H and O–H groups in total. The number of nitrogens with two attached hydrogens (primary N) is 1. The van der Waals surface area contributed by atoms with Crippen LogP contribution in [-0.4, -0.2) is 30.8 Å². The van der Waals surface area contributed by atoms with Gasteiger partial charge < -0.3 is 5.32 Å². The molecule has 2 aromatic carbocycles. The number of benzene rings is 2. The Balaban J connectivity index is 1.66. The number of carbonyl (C=O) groups is 1. The maximum atomic E-state index is 12.5. The molecule has 0 atom stereocenters. The fourth-order valence-electron chi connectivity index (χ4n) is 3.10. The molecule has 0 spiro atoms. The average Bonchev–Trinajstić information content (AvgIpc) is 2.71. The van der Waals surface area contributed by atoms with Crippen molar-refractivity contribution in [2.45, 2.75) is 38.0 Å². The van der Waals surface area contributed by atoms with Crippen molar-refractivity contribution < 1.29 is 13.2 Å². The standard InChI is InChI=1S/C21H24N4O3S/c1-3-17-18(4-2)25-20-13-15(7-10-19(20)24-17)21(26)23-12-11-14-5-8-16(9-6-14)29(22,27)28/h5-10,13H,3-4,11-12H2,1-2H3,(H,23,26)(H2,22,27,28). The van der Waals surface area contributed by atoms with E-state index < -0.39 is 10.0 Å². The third-order valence-electron chi connectivity index (χ3n) is 4.70. The van der Waals surface area contributed by atoms with Crippen LogP contribution in [0.1, 0.15) is 41.2 Å². The van der Waals surface area contributed by atoms with E-state index in [1.165, 1.54) is 12.1 Å². The SMILES string of the molecule is CCc1nc2ccc(C(=O)NCCc3ccc(S(N)(=O)=O)cc3)cc2nc1CC. The van der Waals surface area contributed by atoms with Crippen molar-refractivity contribution in [2.75, 3.05) is 6.54 Å². The number of aromatic nitrogens is 2. The van der Waals surface area contributed by atoms with Crippen LogP contribution in [0.2, 0.25) is 0 Å². The summed E-state index contributed by atoms with van der Waals surface area (Å²) < 4.78 is 22.6. The summed E-state index contributed by atoms with van der Waals surface area (Å²) in [6.07, 6.45) is 2.20. The number of aryl methyl sites for hydroxylation is 2. The zero-order valence-electron chi connectivity index (χ0n) is 16.5. The predicted octanol–water partition coefficient (Wildman–Crippen LogP) is 2.37. The molecule has 0 aliphatic heterocycles. The summed E-state index contributed by atoms with van der Waals surface area (Å²) in [7, 11) is -3.70. The fourth-order valence-corrected chi connectivity index (χ4v) is 3.62. The van der Waals surface area contributed by atoms with Crippen LogP contribution >= 0.6 is 0 Å². The third kappa shape index (κ3) is 4.96. The fraction of sp³-hybridized carbons (Fsp3) is 0.286. The first-order valence-electron chi connectivity index (χ1n) is 9.51. The van der Waals surface area contributed by atoms with Crippen molar-refractivity contribution in [1.29, 1.82) is 0 Å². The van der Waals surface area contributed by atoms with E-state index in [-0.39, 0.29) is 10.8 Å². The number of fused-ring (bicyclic) bond motifs is 1. The Morgan fingerprint density at radius 1 is 0.966 bits per heavy atom. The van der Waals surface area contributed by atoms with Crippen LogP contribution in [0.4, 0.5) is 0 Å². The number of amides is 1. The van der Waals surface area contributed by atoms with Gasteiger partial charge in [0.2, 0.25) is 10.0 Å². The number of hydrogen-bond acceptors (Lipinski definition) is 5. The molecule has 0 fully saturated rings. The van der Waals surface area contributed by atoms with Crippen molar-refractivity contribution in [2.24, 2.45) is 5.14 Å². The van der Waals surface area contributed by atoms with Gasteiger partial charge in [0.1, 0.15) is 0 Å². The molecular weight excluding hydrogens is 388 g/mol. The van der Waals surface area contributed by atoms with Crippen molar-refractivity contribution in [3.05, 3.63) is 65.0 Å². The van der Waals surface area contributed by atoms with Gasteiger partial charge in [0.05, 0.1) is 27.3 Å². The van der Waals surface area contributed by atoms with E-state index in [0.29, 0.717) is 24.0 Å². The van der Waals surface area contributed by atoms with E-state index in [2.05, 4.69) is 22.2 Å². The molecular formula is C21H24N4O3S. The van der Waals surface area contributed by atoms with Crippen LogP contribution in [-0.2, 0) is 29.3 Å². The van der Waals surface area contributed by atoms with E-state index in [1.54, 1.807) is 24.3 Å². The summed E-state index contributed by atoms with van der Waals surface area (Å²) in [6, 6.07) is 11.6. The van der Waals surface area contributed by atoms with Gasteiger partial charge in [0.25, 0.3) is 5.91 Å². The quantitative estimate of drug-likeness (QED) is 0.618. The number of hydrogen-bond donors (Lipinski definition) is 2. The van der Waals surface area contributed by atoms with E-state index in [0.717, 1.165) is 35.3 Å². The Bertz CT molecular complexity index is 1140. The monoisotopic (exact) mass is 412 g/mol. The molecule has 1 aromatic heterocycles. The smallest absolute Gasteiger partial charge is 0.251 e. The zero-order valence-corrected chi connectivity index (χ0v) is 17.3. The van der Waals surface area contributed by atoms with Crippen molar-refractivity contribution >= 4 is 27.0 Å². The molecule has 0 radical (unpaired) electrons. The Kier molecular flexibility index (Phi) is 6.24. The largest absolute Gasteiger partial charge is 0.352 e. The minimum atomic E-state index is -3.70. The maximum Gasteiger partial charge on any atom is 0.251 e. The van der Waals surface area contributed by atoms with Gasteiger partial charge in [-0.15, -0.1) is 0 Å². The first-order chi connectivity index (χ1) is 13.8. The van der Waals surface area contributed by atoms with E-state index in [9.17, 15) is 13.2 Å². The lowest BCUT2D eigenvalue weighted by atomic mass is 10.1. The summed E-state index contributed by atoms with van der Waals surface area (Å²) >= 11 is 0. The molecule has 0 unspecified atom stereocenters. The van der Waals surface area contributed by atoms with Crippen LogP contribution < -0.4 is 10.5 Å². The van der Waals surface area contributed by atoms with Gasteiger partial charge in [0.15, 0.2) is 0 Å². The normalized spacial score (nSPS) is 11.6. The molecule has 0 saturated heterocycles. The first kappa shape index (κ1) is 20.9. The summed E-state index contributed by atoms with van der Waals surface area (Å²) in [6.45, 7) is 4.52. The highest BCUT2D eigenvalue weighted by Crippen LogP contribution is 2.16. The number of nitrogens with one attached hydrogen (secondary N) is 1. The number of rotatable bonds is 7. The minimum Gasteiger partial charge on any atom is -0.352 e. The Morgan fingerprint density at radius 2 is 1.59 bits per heavy atom. The van der Waals surface area contributed by atoms with Crippen LogP contribution in [0.15, 0.2) is 47.4 Å². The van der Waals surface area contributed by atoms with Gasteiger partial charge in [-0.05, 0) is 55.2 Å². The molecule has 0 aliphatic rings. The second kappa shape index (κ2) is 8.67.